The third-order valence-electron chi connectivity index (χ3n) is 2.05. The number of aromatic nitrogens is 1. The number of carbonyl (C=O) groups excluding carboxylic acids is 1. The Hall–Kier alpha value is -1.07. The minimum Gasteiger partial charge on any atom is -0.468 e. The lowest BCUT2D eigenvalue weighted by Crippen LogP contribution is -2.31. The standard InChI is InChI=1S/C11H16N2O2S/c1-15-11(14)10(12)5-7-16-8-9-4-2-3-6-13-9/h2-4,6,10H,5,7-8,12H2,1H3. The summed E-state index contributed by atoms with van der Waals surface area (Å²) in [5.41, 5.74) is 6.64. The lowest BCUT2D eigenvalue weighted by atomic mass is 10.2. The van der Waals surface area contributed by atoms with Crippen LogP contribution in [0.2, 0.25) is 0 Å². The van der Waals surface area contributed by atoms with Crippen molar-refractivity contribution in [2.24, 2.45) is 5.73 Å². The highest BCUT2D eigenvalue weighted by Crippen LogP contribution is 2.11. The molecule has 5 heteroatoms. The molecular weight excluding hydrogens is 224 g/mol. The Kier molecular flexibility index (Phi) is 5.88. The summed E-state index contributed by atoms with van der Waals surface area (Å²) in [5, 5.41) is 0. The molecule has 88 valence electrons. The van der Waals surface area contributed by atoms with Crippen LogP contribution in [0.1, 0.15) is 12.1 Å². The largest absolute Gasteiger partial charge is 0.468 e. The second kappa shape index (κ2) is 7.24. The topological polar surface area (TPSA) is 65.2 Å². The van der Waals surface area contributed by atoms with Gasteiger partial charge >= 0.3 is 5.97 Å². The van der Waals surface area contributed by atoms with E-state index in [4.69, 9.17) is 5.73 Å². The van der Waals surface area contributed by atoms with E-state index in [0.717, 1.165) is 17.2 Å². The van der Waals surface area contributed by atoms with E-state index in [-0.39, 0.29) is 5.97 Å². The predicted octanol–water partition coefficient (Wildman–Crippen LogP) is 1.21. The molecule has 0 aliphatic rings. The fraction of sp³-hybridized carbons (Fsp3) is 0.455. The van der Waals surface area contributed by atoms with Crippen LogP contribution in [-0.4, -0.2) is 29.9 Å². The highest BCUT2D eigenvalue weighted by molar-refractivity contribution is 7.98. The molecule has 0 saturated carbocycles. The second-order valence-electron chi connectivity index (χ2n) is 3.29. The monoisotopic (exact) mass is 240 g/mol. The zero-order chi connectivity index (χ0) is 11.8. The molecule has 0 aliphatic carbocycles. The maximum Gasteiger partial charge on any atom is 0.322 e. The van der Waals surface area contributed by atoms with Crippen LogP contribution in [0, 0.1) is 0 Å². The zero-order valence-electron chi connectivity index (χ0n) is 9.26. The Morgan fingerprint density at radius 1 is 1.62 bits per heavy atom. The molecule has 2 N–H and O–H groups in total. The minimum absolute atomic E-state index is 0.349. The molecule has 0 saturated heterocycles. The van der Waals surface area contributed by atoms with Gasteiger partial charge in [0.25, 0.3) is 0 Å². The molecule has 1 atom stereocenters. The number of carbonyl (C=O) groups is 1. The zero-order valence-corrected chi connectivity index (χ0v) is 10.1. The number of nitrogens with zero attached hydrogens (tertiary/aromatic N) is 1. The second-order valence-corrected chi connectivity index (χ2v) is 4.40. The average Bonchev–Trinajstić information content (AvgIpc) is 2.34. The number of esters is 1. The summed E-state index contributed by atoms with van der Waals surface area (Å²) in [6.07, 6.45) is 2.40. The maximum atomic E-state index is 11.0. The van der Waals surface area contributed by atoms with Crippen molar-refractivity contribution < 1.29 is 9.53 Å². The number of hydrogen-bond donors (Lipinski definition) is 1. The van der Waals surface area contributed by atoms with E-state index in [9.17, 15) is 4.79 Å². The number of nitrogens with two attached hydrogens (primary N) is 1. The molecular formula is C11H16N2O2S. The van der Waals surface area contributed by atoms with E-state index in [1.165, 1.54) is 7.11 Å². The minimum atomic E-state index is -0.513. The summed E-state index contributed by atoms with van der Waals surface area (Å²) < 4.78 is 4.54. The lowest BCUT2D eigenvalue weighted by Gasteiger charge is -2.08. The van der Waals surface area contributed by atoms with Crippen LogP contribution in [0.4, 0.5) is 0 Å². The number of hydrogen-bond acceptors (Lipinski definition) is 5. The van der Waals surface area contributed by atoms with Gasteiger partial charge in [-0.25, -0.2) is 0 Å². The molecule has 0 aliphatic heterocycles. The summed E-state index contributed by atoms with van der Waals surface area (Å²) in [5.74, 6) is 1.32. The third kappa shape index (κ3) is 4.63. The molecule has 0 aromatic carbocycles. The third-order valence-corrected chi connectivity index (χ3v) is 3.08. The van der Waals surface area contributed by atoms with Crippen molar-refractivity contribution in [1.29, 1.82) is 0 Å². The van der Waals surface area contributed by atoms with E-state index in [0.29, 0.717) is 6.42 Å². The van der Waals surface area contributed by atoms with Crippen molar-refractivity contribution in [3.63, 3.8) is 0 Å². The molecule has 1 aromatic rings. The summed E-state index contributed by atoms with van der Waals surface area (Å²) in [6.45, 7) is 0. The fourth-order valence-electron chi connectivity index (χ4n) is 1.14. The Balaban J connectivity index is 2.15. The van der Waals surface area contributed by atoms with E-state index >= 15 is 0 Å². The molecule has 0 amide bonds. The molecule has 1 unspecified atom stereocenters. The Morgan fingerprint density at radius 3 is 3.06 bits per heavy atom. The summed E-state index contributed by atoms with van der Waals surface area (Å²) in [4.78, 5) is 15.2. The van der Waals surface area contributed by atoms with E-state index in [1.807, 2.05) is 18.2 Å². The van der Waals surface area contributed by atoms with Crippen molar-refractivity contribution in [1.82, 2.24) is 4.98 Å². The smallest absolute Gasteiger partial charge is 0.322 e. The lowest BCUT2D eigenvalue weighted by molar-refractivity contribution is -0.142. The van der Waals surface area contributed by atoms with Gasteiger partial charge in [0.2, 0.25) is 0 Å². The van der Waals surface area contributed by atoms with Crippen LogP contribution in [0.15, 0.2) is 24.4 Å². The van der Waals surface area contributed by atoms with E-state index in [1.54, 1.807) is 18.0 Å². The number of rotatable bonds is 6. The molecule has 0 fully saturated rings. The van der Waals surface area contributed by atoms with Crippen LogP contribution in [0.25, 0.3) is 0 Å². The van der Waals surface area contributed by atoms with Gasteiger partial charge in [-0.15, -0.1) is 0 Å². The van der Waals surface area contributed by atoms with Gasteiger partial charge in [0.05, 0.1) is 12.8 Å². The first-order valence-electron chi connectivity index (χ1n) is 5.05. The molecule has 0 radical (unpaired) electrons. The van der Waals surface area contributed by atoms with Gasteiger partial charge in [0, 0.05) is 11.9 Å². The fourth-order valence-corrected chi connectivity index (χ4v) is 2.08. The van der Waals surface area contributed by atoms with Gasteiger partial charge in [-0.3, -0.25) is 9.78 Å². The first kappa shape index (κ1) is 13.0. The Labute approximate surface area is 99.6 Å². The highest BCUT2D eigenvalue weighted by Gasteiger charge is 2.12. The molecule has 0 spiro atoms. The van der Waals surface area contributed by atoms with Gasteiger partial charge in [-0.2, -0.15) is 11.8 Å². The van der Waals surface area contributed by atoms with Crippen molar-refractivity contribution in [3.05, 3.63) is 30.1 Å². The van der Waals surface area contributed by atoms with Crippen LogP contribution in [0.5, 0.6) is 0 Å². The van der Waals surface area contributed by atoms with Crippen molar-refractivity contribution in [2.75, 3.05) is 12.9 Å². The summed E-state index contributed by atoms with van der Waals surface area (Å²) in [6, 6.07) is 5.32. The van der Waals surface area contributed by atoms with Gasteiger partial charge in [0.1, 0.15) is 6.04 Å². The van der Waals surface area contributed by atoms with Gasteiger partial charge in [0.15, 0.2) is 0 Å². The van der Waals surface area contributed by atoms with E-state index < -0.39 is 6.04 Å². The summed E-state index contributed by atoms with van der Waals surface area (Å²) in [7, 11) is 1.35. The molecule has 16 heavy (non-hydrogen) atoms. The molecule has 1 aromatic heterocycles. The van der Waals surface area contributed by atoms with Crippen LogP contribution in [0.3, 0.4) is 0 Å². The van der Waals surface area contributed by atoms with Crippen LogP contribution >= 0.6 is 11.8 Å². The molecule has 4 nitrogen and oxygen atoms in total. The van der Waals surface area contributed by atoms with Gasteiger partial charge in [-0.05, 0) is 24.3 Å². The molecule has 0 bridgehead atoms. The quantitative estimate of drug-likeness (QED) is 0.598. The maximum absolute atomic E-state index is 11.0. The van der Waals surface area contributed by atoms with Crippen molar-refractivity contribution in [2.45, 2.75) is 18.2 Å². The normalized spacial score (nSPS) is 12.1. The predicted molar refractivity (Wildman–Crippen MR) is 65.0 cm³/mol. The molecule has 1 rings (SSSR count). The van der Waals surface area contributed by atoms with Crippen molar-refractivity contribution >= 4 is 17.7 Å². The Bertz CT molecular complexity index is 319. The van der Waals surface area contributed by atoms with Crippen LogP contribution < -0.4 is 5.73 Å². The number of methoxy groups -OCH3 is 1. The molecule has 1 heterocycles. The first-order chi connectivity index (χ1) is 7.74. The summed E-state index contributed by atoms with van der Waals surface area (Å²) >= 11 is 1.71. The van der Waals surface area contributed by atoms with Gasteiger partial charge in [-0.1, -0.05) is 6.07 Å². The van der Waals surface area contributed by atoms with E-state index in [2.05, 4.69) is 9.72 Å². The number of ether oxygens (including phenoxy) is 1. The number of thioether (sulfide) groups is 1. The SMILES string of the molecule is COC(=O)C(N)CCSCc1ccccn1. The number of pyridine rings is 1. The Morgan fingerprint density at radius 2 is 2.44 bits per heavy atom. The average molecular weight is 240 g/mol. The van der Waals surface area contributed by atoms with Gasteiger partial charge < -0.3 is 10.5 Å². The highest BCUT2D eigenvalue weighted by atomic mass is 32.2. The first-order valence-corrected chi connectivity index (χ1v) is 6.20. The van der Waals surface area contributed by atoms with Crippen LogP contribution in [-0.2, 0) is 15.3 Å². The van der Waals surface area contributed by atoms with Crippen molar-refractivity contribution in [3.8, 4) is 0 Å².